The van der Waals surface area contributed by atoms with E-state index in [9.17, 15) is 19.2 Å². The molecule has 0 atom stereocenters. The van der Waals surface area contributed by atoms with E-state index < -0.39 is 29.6 Å². The molecule has 0 aliphatic heterocycles. The summed E-state index contributed by atoms with van der Waals surface area (Å²) in [6.07, 6.45) is 0.601. The Balaban J connectivity index is 2.09. The number of aromatic nitrogens is 2. The molecule has 0 aliphatic carbocycles. The number of anilines is 1. The Morgan fingerprint density at radius 2 is 1.85 bits per heavy atom. The molecule has 8 heteroatoms. The Morgan fingerprint density at radius 3 is 2.46 bits per heavy atom. The first-order valence-electron chi connectivity index (χ1n) is 8.20. The quantitative estimate of drug-likeness (QED) is 0.557. The molecule has 1 heterocycles. The van der Waals surface area contributed by atoms with Gasteiger partial charge in [0.25, 0.3) is 5.56 Å². The number of hydrogen-bond donors (Lipinski definition) is 2. The topological polar surface area (TPSA) is 124 Å². The third kappa shape index (κ3) is 4.47. The molecule has 0 saturated heterocycles. The number of ketones is 1. The van der Waals surface area contributed by atoms with Crippen molar-refractivity contribution in [3.8, 4) is 0 Å². The minimum absolute atomic E-state index is 0.00866. The number of ether oxygens (including phenoxy) is 1. The molecule has 26 heavy (non-hydrogen) atoms. The summed E-state index contributed by atoms with van der Waals surface area (Å²) >= 11 is 0. The molecule has 0 radical (unpaired) electrons. The Labute approximate surface area is 149 Å². The Morgan fingerprint density at radius 1 is 1.19 bits per heavy atom. The summed E-state index contributed by atoms with van der Waals surface area (Å²) in [6, 6.07) is 7.32. The molecule has 0 saturated carbocycles. The zero-order chi connectivity index (χ0) is 19.3. The third-order valence-corrected chi connectivity index (χ3v) is 3.80. The average molecular weight is 359 g/mol. The fraction of sp³-hybridized carbons (Fsp3) is 0.333. The molecule has 2 aromatic rings. The number of esters is 1. The summed E-state index contributed by atoms with van der Waals surface area (Å²) in [5, 5.41) is 0. The van der Waals surface area contributed by atoms with Gasteiger partial charge in [0.15, 0.2) is 6.61 Å². The van der Waals surface area contributed by atoms with E-state index >= 15 is 0 Å². The molecular weight excluding hydrogens is 338 g/mol. The molecule has 0 amide bonds. The fourth-order valence-corrected chi connectivity index (χ4v) is 2.44. The maximum atomic E-state index is 12.3. The van der Waals surface area contributed by atoms with E-state index in [1.807, 2.05) is 26.0 Å². The van der Waals surface area contributed by atoms with Crippen LogP contribution in [0.5, 0.6) is 0 Å². The highest BCUT2D eigenvalue weighted by molar-refractivity contribution is 6.01. The monoisotopic (exact) mass is 359 g/mol. The SMILES string of the molecule is CCCn1c(N)c(C(=O)COC(=O)Cc2ccc(C)cc2)c(=O)[nH]c1=O. The lowest BCUT2D eigenvalue weighted by Gasteiger charge is -2.11. The fourth-order valence-electron chi connectivity index (χ4n) is 2.44. The molecule has 8 nitrogen and oxygen atoms in total. The molecule has 3 N–H and O–H groups in total. The molecule has 138 valence electrons. The number of rotatable bonds is 7. The summed E-state index contributed by atoms with van der Waals surface area (Å²) < 4.78 is 6.06. The van der Waals surface area contributed by atoms with Crippen LogP contribution in [-0.4, -0.2) is 27.9 Å². The van der Waals surface area contributed by atoms with Gasteiger partial charge in [-0.05, 0) is 18.9 Å². The van der Waals surface area contributed by atoms with Crippen LogP contribution in [0.2, 0.25) is 0 Å². The van der Waals surface area contributed by atoms with Crippen molar-refractivity contribution in [1.29, 1.82) is 0 Å². The number of Topliss-reactive ketones (excluding diaryl/α,β-unsaturated/α-hetero) is 1. The van der Waals surface area contributed by atoms with Crippen molar-refractivity contribution in [1.82, 2.24) is 9.55 Å². The highest BCUT2D eigenvalue weighted by atomic mass is 16.5. The predicted molar refractivity (Wildman–Crippen MR) is 96.2 cm³/mol. The van der Waals surface area contributed by atoms with Gasteiger partial charge >= 0.3 is 11.7 Å². The minimum Gasteiger partial charge on any atom is -0.457 e. The largest absolute Gasteiger partial charge is 0.457 e. The Kier molecular flexibility index (Phi) is 6.11. The maximum absolute atomic E-state index is 12.3. The lowest BCUT2D eigenvalue weighted by molar-refractivity contribution is -0.141. The number of benzene rings is 1. The number of carbonyl (C=O) groups is 2. The molecule has 0 unspecified atom stereocenters. The second-order valence-corrected chi connectivity index (χ2v) is 5.92. The second kappa shape index (κ2) is 8.28. The number of nitrogen functional groups attached to an aromatic ring is 1. The number of carbonyl (C=O) groups excluding carboxylic acids is 2. The van der Waals surface area contributed by atoms with Crippen molar-refractivity contribution in [2.45, 2.75) is 33.2 Å². The van der Waals surface area contributed by atoms with Crippen LogP contribution in [0.1, 0.15) is 34.8 Å². The average Bonchev–Trinajstić information content (AvgIpc) is 2.58. The number of aryl methyl sites for hydroxylation is 1. The number of nitrogens with two attached hydrogens (primary N) is 1. The van der Waals surface area contributed by atoms with Crippen LogP contribution in [0.25, 0.3) is 0 Å². The Bertz CT molecular complexity index is 925. The minimum atomic E-state index is -0.889. The van der Waals surface area contributed by atoms with Crippen LogP contribution >= 0.6 is 0 Å². The van der Waals surface area contributed by atoms with Gasteiger partial charge < -0.3 is 10.5 Å². The van der Waals surface area contributed by atoms with E-state index in [4.69, 9.17) is 10.5 Å². The van der Waals surface area contributed by atoms with Crippen LogP contribution < -0.4 is 17.0 Å². The Hall–Kier alpha value is -3.16. The summed E-state index contributed by atoms with van der Waals surface area (Å²) in [4.78, 5) is 49.9. The van der Waals surface area contributed by atoms with Crippen molar-refractivity contribution in [2.24, 2.45) is 0 Å². The van der Waals surface area contributed by atoms with Gasteiger partial charge in [0, 0.05) is 6.54 Å². The number of hydrogen-bond acceptors (Lipinski definition) is 6. The van der Waals surface area contributed by atoms with Crippen molar-refractivity contribution in [2.75, 3.05) is 12.3 Å². The summed E-state index contributed by atoms with van der Waals surface area (Å²) in [7, 11) is 0. The number of nitrogens with zero attached hydrogens (tertiary/aromatic N) is 1. The third-order valence-electron chi connectivity index (χ3n) is 3.80. The van der Waals surface area contributed by atoms with Gasteiger partial charge in [-0.3, -0.25) is 23.9 Å². The van der Waals surface area contributed by atoms with E-state index in [0.717, 1.165) is 15.7 Å². The first-order valence-corrected chi connectivity index (χ1v) is 8.20. The second-order valence-electron chi connectivity index (χ2n) is 5.92. The maximum Gasteiger partial charge on any atom is 0.329 e. The van der Waals surface area contributed by atoms with E-state index in [0.29, 0.717) is 6.42 Å². The highest BCUT2D eigenvalue weighted by Crippen LogP contribution is 2.08. The van der Waals surface area contributed by atoms with Gasteiger partial charge in [0.2, 0.25) is 5.78 Å². The standard InChI is InChI=1S/C18H21N3O5/c1-3-8-21-16(19)15(17(24)20-18(21)25)13(22)10-26-14(23)9-12-6-4-11(2)5-7-12/h4-7H,3,8-10,19H2,1-2H3,(H,20,24,25). The van der Waals surface area contributed by atoms with Crippen LogP contribution in [0.3, 0.4) is 0 Å². The van der Waals surface area contributed by atoms with Crippen molar-refractivity contribution >= 4 is 17.6 Å². The molecule has 1 aromatic heterocycles. The zero-order valence-electron chi connectivity index (χ0n) is 14.7. The smallest absolute Gasteiger partial charge is 0.329 e. The van der Waals surface area contributed by atoms with Crippen LogP contribution in [0.4, 0.5) is 5.82 Å². The van der Waals surface area contributed by atoms with Gasteiger partial charge in [-0.15, -0.1) is 0 Å². The number of H-pyrrole nitrogens is 1. The summed E-state index contributed by atoms with van der Waals surface area (Å²) in [5.74, 6) is -1.58. The molecule has 0 aliphatic rings. The van der Waals surface area contributed by atoms with Crippen LogP contribution in [0, 0.1) is 6.92 Å². The van der Waals surface area contributed by atoms with E-state index in [1.54, 1.807) is 12.1 Å². The summed E-state index contributed by atoms with van der Waals surface area (Å²) in [5.41, 5.74) is 5.67. The van der Waals surface area contributed by atoms with Gasteiger partial charge in [-0.25, -0.2) is 4.79 Å². The first-order chi connectivity index (χ1) is 12.3. The lowest BCUT2D eigenvalue weighted by Crippen LogP contribution is -2.37. The van der Waals surface area contributed by atoms with Gasteiger partial charge in [0.05, 0.1) is 6.42 Å². The number of nitrogens with one attached hydrogen (secondary N) is 1. The van der Waals surface area contributed by atoms with E-state index in [-0.39, 0.29) is 24.3 Å². The van der Waals surface area contributed by atoms with Crippen LogP contribution in [-0.2, 0) is 22.5 Å². The molecule has 1 aromatic carbocycles. The van der Waals surface area contributed by atoms with Crippen LogP contribution in [0.15, 0.2) is 33.9 Å². The normalized spacial score (nSPS) is 10.5. The van der Waals surface area contributed by atoms with Gasteiger partial charge in [-0.1, -0.05) is 36.8 Å². The van der Waals surface area contributed by atoms with E-state index in [2.05, 4.69) is 4.98 Å². The van der Waals surface area contributed by atoms with Gasteiger partial charge in [-0.2, -0.15) is 0 Å². The zero-order valence-corrected chi connectivity index (χ0v) is 14.7. The molecule has 0 bridgehead atoms. The predicted octanol–water partition coefficient (Wildman–Crippen LogP) is 0.806. The summed E-state index contributed by atoms with van der Waals surface area (Å²) in [6.45, 7) is 3.39. The van der Waals surface area contributed by atoms with Crippen molar-refractivity contribution < 1.29 is 14.3 Å². The van der Waals surface area contributed by atoms with E-state index in [1.165, 1.54) is 0 Å². The first kappa shape index (κ1) is 19.2. The van der Waals surface area contributed by atoms with Crippen molar-refractivity contribution in [3.05, 3.63) is 61.8 Å². The molecule has 0 spiro atoms. The number of aromatic amines is 1. The molecule has 2 rings (SSSR count). The lowest BCUT2D eigenvalue weighted by atomic mass is 10.1. The van der Waals surface area contributed by atoms with Crippen molar-refractivity contribution in [3.63, 3.8) is 0 Å². The molecular formula is C18H21N3O5. The molecule has 0 fully saturated rings. The highest BCUT2D eigenvalue weighted by Gasteiger charge is 2.20. The van der Waals surface area contributed by atoms with Gasteiger partial charge in [0.1, 0.15) is 11.4 Å².